The van der Waals surface area contributed by atoms with Crippen LogP contribution in [0.3, 0.4) is 0 Å². The van der Waals surface area contributed by atoms with E-state index < -0.39 is 0 Å². The number of aryl methyl sites for hydroxylation is 1. The molecule has 6 nitrogen and oxygen atoms in total. The number of ether oxygens (including phenoxy) is 1. The van der Waals surface area contributed by atoms with Crippen molar-refractivity contribution in [2.75, 3.05) is 19.4 Å². The molecule has 0 spiro atoms. The molecule has 0 aliphatic rings. The first-order chi connectivity index (χ1) is 11.5. The van der Waals surface area contributed by atoms with Gasteiger partial charge in [-0.1, -0.05) is 13.3 Å². The van der Waals surface area contributed by atoms with Crippen LogP contribution in [-0.2, 0) is 0 Å². The van der Waals surface area contributed by atoms with Gasteiger partial charge in [0.2, 0.25) is 5.95 Å². The molecule has 0 aliphatic heterocycles. The van der Waals surface area contributed by atoms with E-state index >= 15 is 0 Å². The number of hydrogen-bond acceptors (Lipinski definition) is 5. The van der Waals surface area contributed by atoms with Crippen LogP contribution < -0.4 is 15.8 Å². The van der Waals surface area contributed by atoms with E-state index in [9.17, 15) is 4.79 Å². The summed E-state index contributed by atoms with van der Waals surface area (Å²) in [6.07, 6.45) is 2.07. The summed E-state index contributed by atoms with van der Waals surface area (Å²) in [5.41, 5.74) is 7.98. The number of nitrogen functional groups attached to an aromatic ring is 1. The van der Waals surface area contributed by atoms with Gasteiger partial charge in [0.1, 0.15) is 5.75 Å². The average molecular weight is 393 g/mol. The van der Waals surface area contributed by atoms with Gasteiger partial charge < -0.3 is 15.8 Å². The number of carbonyl (C=O) groups excluding carboxylic acids is 1. The molecule has 1 heterocycles. The van der Waals surface area contributed by atoms with Gasteiger partial charge in [-0.05, 0) is 47.5 Å². The van der Waals surface area contributed by atoms with Crippen molar-refractivity contribution in [2.45, 2.75) is 26.7 Å². The predicted molar refractivity (Wildman–Crippen MR) is 98.1 cm³/mol. The van der Waals surface area contributed by atoms with E-state index in [1.54, 1.807) is 14.0 Å². The van der Waals surface area contributed by atoms with E-state index in [1.165, 1.54) is 0 Å². The maximum Gasteiger partial charge on any atom is 0.255 e. The van der Waals surface area contributed by atoms with Crippen molar-refractivity contribution in [1.82, 2.24) is 15.3 Å². The van der Waals surface area contributed by atoms with Crippen LogP contribution in [0.25, 0.3) is 11.3 Å². The lowest BCUT2D eigenvalue weighted by atomic mass is 10.0. The Morgan fingerprint density at radius 1 is 1.38 bits per heavy atom. The number of halogens is 1. The number of unbranched alkanes of at least 4 members (excludes halogenated alkanes) is 1. The number of carbonyl (C=O) groups is 1. The van der Waals surface area contributed by atoms with Gasteiger partial charge in [0, 0.05) is 12.6 Å². The molecule has 1 aromatic carbocycles. The molecule has 0 aliphatic carbocycles. The van der Waals surface area contributed by atoms with Gasteiger partial charge in [-0.2, -0.15) is 0 Å². The molecule has 0 unspecified atom stereocenters. The Balaban J connectivity index is 2.45. The molecule has 0 radical (unpaired) electrons. The minimum Gasteiger partial charge on any atom is -0.492 e. The number of nitrogens with one attached hydrogen (secondary N) is 1. The minimum atomic E-state index is -0.248. The Hall–Kier alpha value is -2.15. The first-order valence-electron chi connectivity index (χ1n) is 7.76. The number of amides is 1. The molecule has 3 N–H and O–H groups in total. The van der Waals surface area contributed by atoms with Crippen LogP contribution in [0.1, 0.15) is 35.8 Å². The van der Waals surface area contributed by atoms with Gasteiger partial charge in [-0.3, -0.25) is 4.79 Å². The molecule has 2 aromatic rings. The smallest absolute Gasteiger partial charge is 0.255 e. The Kier molecular flexibility index (Phi) is 6.14. The quantitative estimate of drug-likeness (QED) is 0.735. The minimum absolute atomic E-state index is 0.134. The third-order valence-corrected chi connectivity index (χ3v) is 4.14. The van der Waals surface area contributed by atoms with Crippen molar-refractivity contribution in [1.29, 1.82) is 0 Å². The van der Waals surface area contributed by atoms with Crippen LogP contribution in [0.15, 0.2) is 22.7 Å². The van der Waals surface area contributed by atoms with Crippen molar-refractivity contribution in [3.05, 3.63) is 33.9 Å². The normalized spacial score (nSPS) is 10.5. The lowest BCUT2D eigenvalue weighted by Gasteiger charge is -2.13. The van der Waals surface area contributed by atoms with Gasteiger partial charge in [0.25, 0.3) is 5.91 Å². The van der Waals surface area contributed by atoms with Crippen molar-refractivity contribution in [2.24, 2.45) is 0 Å². The van der Waals surface area contributed by atoms with Gasteiger partial charge in [0.05, 0.1) is 28.0 Å². The summed E-state index contributed by atoms with van der Waals surface area (Å²) in [7, 11) is 1.57. The lowest BCUT2D eigenvalue weighted by Crippen LogP contribution is -2.21. The molecule has 7 heteroatoms. The fourth-order valence-corrected chi connectivity index (χ4v) is 2.79. The highest BCUT2D eigenvalue weighted by Gasteiger charge is 2.19. The third kappa shape index (κ3) is 4.03. The number of anilines is 1. The van der Waals surface area contributed by atoms with E-state index in [0.717, 1.165) is 28.6 Å². The zero-order valence-corrected chi connectivity index (χ0v) is 15.6. The largest absolute Gasteiger partial charge is 0.492 e. The summed E-state index contributed by atoms with van der Waals surface area (Å²) >= 11 is 3.51. The zero-order chi connectivity index (χ0) is 17.7. The molecule has 24 heavy (non-hydrogen) atoms. The molecule has 0 saturated carbocycles. The van der Waals surface area contributed by atoms with Gasteiger partial charge in [-0.25, -0.2) is 9.97 Å². The van der Waals surface area contributed by atoms with Crippen molar-refractivity contribution in [3.8, 4) is 17.0 Å². The van der Waals surface area contributed by atoms with E-state index in [2.05, 4.69) is 38.1 Å². The Morgan fingerprint density at radius 2 is 2.12 bits per heavy atom. The van der Waals surface area contributed by atoms with Crippen LogP contribution in [0, 0.1) is 6.92 Å². The molecule has 0 atom stereocenters. The summed E-state index contributed by atoms with van der Waals surface area (Å²) < 4.78 is 6.53. The van der Waals surface area contributed by atoms with Crippen molar-refractivity contribution < 1.29 is 9.53 Å². The number of nitrogens with two attached hydrogens (primary N) is 1. The molecule has 0 bridgehead atoms. The maximum absolute atomic E-state index is 12.2. The summed E-state index contributed by atoms with van der Waals surface area (Å²) in [6.45, 7) is 4.52. The SMILES string of the molecule is CCCCOc1ccc(-c2nc(N)nc(C)c2C(=O)NC)cc1Br. The highest BCUT2D eigenvalue weighted by atomic mass is 79.9. The zero-order valence-electron chi connectivity index (χ0n) is 14.0. The summed E-state index contributed by atoms with van der Waals surface area (Å²) in [4.78, 5) is 20.5. The maximum atomic E-state index is 12.2. The number of hydrogen-bond donors (Lipinski definition) is 2. The predicted octanol–water partition coefficient (Wildman–Crippen LogP) is 3.34. The first-order valence-corrected chi connectivity index (χ1v) is 8.56. The Labute approximate surface area is 150 Å². The van der Waals surface area contributed by atoms with Gasteiger partial charge >= 0.3 is 0 Å². The second kappa shape index (κ2) is 8.10. The average Bonchev–Trinajstić information content (AvgIpc) is 2.55. The molecule has 0 saturated heterocycles. The number of benzene rings is 1. The standard InChI is InChI=1S/C17H21BrN4O2/c1-4-5-8-24-13-7-6-11(9-12(13)18)15-14(16(23)20-3)10(2)21-17(19)22-15/h6-7,9H,4-5,8H2,1-3H3,(H,20,23)(H2,19,21,22). The fraction of sp³-hybridized carbons (Fsp3) is 0.353. The van der Waals surface area contributed by atoms with Crippen molar-refractivity contribution in [3.63, 3.8) is 0 Å². The molecular formula is C17H21BrN4O2. The van der Waals surface area contributed by atoms with Crippen molar-refractivity contribution >= 4 is 27.8 Å². The summed E-state index contributed by atoms with van der Waals surface area (Å²) in [6, 6.07) is 5.59. The van der Waals surface area contributed by atoms with E-state index in [0.29, 0.717) is 23.6 Å². The molecule has 1 amide bonds. The Bertz CT molecular complexity index is 750. The van der Waals surface area contributed by atoms with Gasteiger partial charge in [0.15, 0.2) is 0 Å². The first kappa shape index (κ1) is 18.2. The highest BCUT2D eigenvalue weighted by molar-refractivity contribution is 9.10. The molecule has 1 aromatic heterocycles. The van der Waals surface area contributed by atoms with Crippen LogP contribution in [0.4, 0.5) is 5.95 Å². The Morgan fingerprint density at radius 3 is 2.75 bits per heavy atom. The van der Waals surface area contributed by atoms with E-state index in [4.69, 9.17) is 10.5 Å². The highest BCUT2D eigenvalue weighted by Crippen LogP contribution is 2.32. The summed E-state index contributed by atoms with van der Waals surface area (Å²) in [5.74, 6) is 0.642. The fourth-order valence-electron chi connectivity index (χ4n) is 2.29. The van der Waals surface area contributed by atoms with E-state index in [-0.39, 0.29) is 11.9 Å². The second-order valence-electron chi connectivity index (χ2n) is 5.32. The monoisotopic (exact) mass is 392 g/mol. The van der Waals surface area contributed by atoms with Crippen LogP contribution in [0.5, 0.6) is 5.75 Å². The molecular weight excluding hydrogens is 372 g/mol. The molecule has 2 rings (SSSR count). The number of rotatable bonds is 6. The number of aromatic nitrogens is 2. The topological polar surface area (TPSA) is 90.1 Å². The third-order valence-electron chi connectivity index (χ3n) is 3.52. The van der Waals surface area contributed by atoms with Crippen LogP contribution in [-0.4, -0.2) is 29.5 Å². The van der Waals surface area contributed by atoms with E-state index in [1.807, 2.05) is 18.2 Å². The van der Waals surface area contributed by atoms with Crippen LogP contribution >= 0.6 is 15.9 Å². The molecule has 128 valence electrons. The van der Waals surface area contributed by atoms with Crippen LogP contribution in [0.2, 0.25) is 0 Å². The summed E-state index contributed by atoms with van der Waals surface area (Å²) in [5, 5.41) is 2.62. The lowest BCUT2D eigenvalue weighted by molar-refractivity contribution is 0.0962. The van der Waals surface area contributed by atoms with Gasteiger partial charge in [-0.15, -0.1) is 0 Å². The second-order valence-corrected chi connectivity index (χ2v) is 6.17. The molecule has 0 fully saturated rings. The number of nitrogens with zero attached hydrogens (tertiary/aromatic N) is 2.